The first kappa shape index (κ1) is 15.2. The second-order valence-corrected chi connectivity index (χ2v) is 6.53. The van der Waals surface area contributed by atoms with E-state index in [2.05, 4.69) is 25.8 Å². The maximum atomic E-state index is 13.2. The van der Waals surface area contributed by atoms with E-state index in [1.807, 2.05) is 0 Å². The lowest BCUT2D eigenvalue weighted by Crippen LogP contribution is -2.27. The first-order valence-electron chi connectivity index (χ1n) is 7.42. The van der Waals surface area contributed by atoms with Crippen molar-refractivity contribution in [3.63, 3.8) is 0 Å². The number of rotatable bonds is 2. The number of aromatic amines is 1. The molecule has 0 radical (unpaired) electrons. The lowest BCUT2D eigenvalue weighted by molar-refractivity contribution is -0.904. The number of halogens is 1. The molecule has 3 rings (SSSR count). The van der Waals surface area contributed by atoms with E-state index in [0.29, 0.717) is 0 Å². The molecule has 0 amide bonds. The monoisotopic (exact) mass is 312 g/mol. The fourth-order valence-electron chi connectivity index (χ4n) is 2.34. The molecule has 5 heteroatoms. The second kappa shape index (κ2) is 5.50. The summed E-state index contributed by atoms with van der Waals surface area (Å²) in [7, 11) is 0. The highest BCUT2D eigenvalue weighted by Gasteiger charge is 2.22. The minimum Gasteiger partial charge on any atom is -0.341 e. The highest BCUT2D eigenvalue weighted by atomic mass is 19.1. The van der Waals surface area contributed by atoms with Crippen LogP contribution in [0.1, 0.15) is 26.6 Å². The lowest BCUT2D eigenvalue weighted by atomic mass is 9.96. The van der Waals surface area contributed by atoms with Crippen molar-refractivity contribution in [2.45, 2.75) is 26.2 Å². The summed E-state index contributed by atoms with van der Waals surface area (Å²) >= 11 is 0. The zero-order valence-electron chi connectivity index (χ0n) is 13.3. The van der Waals surface area contributed by atoms with Gasteiger partial charge in [-0.05, 0) is 24.3 Å². The molecule has 1 aromatic carbocycles. The molecule has 23 heavy (non-hydrogen) atoms. The Morgan fingerprint density at radius 3 is 2.17 bits per heavy atom. The Balaban J connectivity index is 2.18. The Hall–Kier alpha value is -2.69. The number of aromatic nitrogens is 3. The Morgan fingerprint density at radius 2 is 1.61 bits per heavy atom. The Kier molecular flexibility index (Phi) is 3.64. The summed E-state index contributed by atoms with van der Waals surface area (Å²) in [6.07, 6.45) is 3.10. The largest absolute Gasteiger partial charge is 0.341 e. The second-order valence-electron chi connectivity index (χ2n) is 6.53. The first-order valence-corrected chi connectivity index (χ1v) is 7.42. The molecule has 118 valence electrons. The van der Waals surface area contributed by atoms with E-state index in [1.165, 1.54) is 12.1 Å². The Labute approximate surface area is 134 Å². The van der Waals surface area contributed by atoms with Crippen LogP contribution in [0.4, 0.5) is 4.39 Å². The smallest absolute Gasteiger partial charge is 0.222 e. The molecule has 0 atom stereocenters. The quantitative estimate of drug-likeness (QED) is 0.560. The van der Waals surface area contributed by atoms with Crippen LogP contribution in [-0.2, 0) is 5.41 Å². The summed E-state index contributed by atoms with van der Waals surface area (Å²) in [5.74, 6) is 0.583. The molecule has 2 N–H and O–H groups in total. The number of hydrogen-bond donors (Lipinski definition) is 2. The van der Waals surface area contributed by atoms with E-state index in [9.17, 15) is 9.60 Å². The molecule has 0 unspecified atom stereocenters. The van der Waals surface area contributed by atoms with Crippen LogP contribution in [0.15, 0.2) is 48.8 Å². The molecule has 0 fully saturated rings. The molecule has 0 spiro atoms. The van der Waals surface area contributed by atoms with Gasteiger partial charge < -0.3 is 4.98 Å². The summed E-state index contributed by atoms with van der Waals surface area (Å²) in [5.41, 5.74) is 3.22. The Morgan fingerprint density at radius 1 is 1.00 bits per heavy atom. The van der Waals surface area contributed by atoms with Gasteiger partial charge in [-0.1, -0.05) is 20.8 Å². The van der Waals surface area contributed by atoms with E-state index < -0.39 is 0 Å². The predicted molar refractivity (Wildman–Crippen MR) is 85.5 cm³/mol. The molecule has 2 heterocycles. The minimum atomic E-state index is -0.271. The fourth-order valence-corrected chi connectivity index (χ4v) is 2.34. The molecular formula is C18H19FN3O+. The fraction of sp³-hybridized carbons (Fsp3) is 0.222. The highest BCUT2D eigenvalue weighted by Crippen LogP contribution is 2.33. The van der Waals surface area contributed by atoms with E-state index in [4.69, 9.17) is 4.98 Å². The summed E-state index contributed by atoms with van der Waals surface area (Å²) in [5, 5.41) is 9.40. The van der Waals surface area contributed by atoms with Crippen LogP contribution in [0.3, 0.4) is 0 Å². The minimum absolute atomic E-state index is 0.140. The zero-order valence-corrected chi connectivity index (χ0v) is 13.3. The van der Waals surface area contributed by atoms with Crippen LogP contribution in [-0.4, -0.2) is 15.2 Å². The molecule has 2 aromatic heterocycles. The molecule has 3 aromatic rings. The van der Waals surface area contributed by atoms with Crippen molar-refractivity contribution in [2.24, 2.45) is 0 Å². The van der Waals surface area contributed by atoms with Gasteiger partial charge in [-0.3, -0.25) is 5.21 Å². The average molecular weight is 312 g/mol. The van der Waals surface area contributed by atoms with Crippen LogP contribution in [0.5, 0.6) is 0 Å². The van der Waals surface area contributed by atoms with Crippen molar-refractivity contribution in [3.8, 4) is 22.5 Å². The highest BCUT2D eigenvalue weighted by molar-refractivity contribution is 5.78. The summed E-state index contributed by atoms with van der Waals surface area (Å²) < 4.78 is 14.2. The van der Waals surface area contributed by atoms with Crippen LogP contribution in [0.25, 0.3) is 22.5 Å². The summed E-state index contributed by atoms with van der Waals surface area (Å²) in [6.45, 7) is 6.24. The van der Waals surface area contributed by atoms with Gasteiger partial charge in [0.2, 0.25) is 12.4 Å². The van der Waals surface area contributed by atoms with Crippen molar-refractivity contribution >= 4 is 0 Å². The number of hydrogen-bond acceptors (Lipinski definition) is 2. The molecule has 0 saturated heterocycles. The van der Waals surface area contributed by atoms with Crippen LogP contribution in [0, 0.1) is 5.82 Å². The third-order valence-corrected chi connectivity index (χ3v) is 3.63. The number of benzene rings is 1. The molecule has 0 aliphatic heterocycles. The van der Waals surface area contributed by atoms with Gasteiger partial charge in [-0.25, -0.2) is 9.37 Å². The number of nitrogens with zero attached hydrogens (tertiary/aromatic N) is 2. The third kappa shape index (κ3) is 3.08. The summed E-state index contributed by atoms with van der Waals surface area (Å²) in [6, 6.07) is 9.90. The lowest BCUT2D eigenvalue weighted by Gasteiger charge is -2.14. The zero-order chi connectivity index (χ0) is 16.6. The molecular weight excluding hydrogens is 293 g/mol. The van der Waals surface area contributed by atoms with Gasteiger partial charge in [0.05, 0.1) is 11.4 Å². The van der Waals surface area contributed by atoms with E-state index >= 15 is 0 Å². The van der Waals surface area contributed by atoms with Crippen LogP contribution < -0.4 is 4.73 Å². The maximum absolute atomic E-state index is 13.2. The van der Waals surface area contributed by atoms with Gasteiger partial charge in [0, 0.05) is 33.4 Å². The van der Waals surface area contributed by atoms with Crippen molar-refractivity contribution in [2.75, 3.05) is 0 Å². The third-order valence-electron chi connectivity index (χ3n) is 3.63. The van der Waals surface area contributed by atoms with Gasteiger partial charge in [-0.2, -0.15) is 0 Å². The number of nitrogens with one attached hydrogen (secondary N) is 1. The first-order chi connectivity index (χ1) is 10.8. The molecule has 0 saturated carbocycles. The van der Waals surface area contributed by atoms with Gasteiger partial charge in [0.25, 0.3) is 0 Å². The predicted octanol–water partition coefficient (Wildman–Crippen LogP) is 3.71. The van der Waals surface area contributed by atoms with Gasteiger partial charge >= 0.3 is 0 Å². The van der Waals surface area contributed by atoms with Gasteiger partial charge in [0.15, 0.2) is 0 Å². The van der Waals surface area contributed by atoms with Crippen molar-refractivity contribution < 1.29 is 14.3 Å². The van der Waals surface area contributed by atoms with E-state index in [1.54, 1.807) is 36.7 Å². The van der Waals surface area contributed by atoms with Crippen LogP contribution in [0.2, 0.25) is 0 Å². The van der Waals surface area contributed by atoms with E-state index in [0.717, 1.165) is 33.1 Å². The Bertz CT molecular complexity index is 752. The topological polar surface area (TPSA) is 52.8 Å². The van der Waals surface area contributed by atoms with Crippen molar-refractivity contribution in [1.29, 1.82) is 0 Å². The van der Waals surface area contributed by atoms with Crippen molar-refractivity contribution in [3.05, 3.63) is 60.4 Å². The molecule has 0 aliphatic carbocycles. The van der Waals surface area contributed by atoms with Gasteiger partial charge in [-0.15, -0.1) is 0 Å². The molecule has 0 bridgehead atoms. The molecule has 4 nitrogen and oxygen atoms in total. The van der Waals surface area contributed by atoms with Gasteiger partial charge in [0.1, 0.15) is 11.6 Å². The maximum Gasteiger partial charge on any atom is 0.222 e. The summed E-state index contributed by atoms with van der Waals surface area (Å²) in [4.78, 5) is 8.11. The molecule has 0 aliphatic rings. The number of H-pyrrole nitrogens is 1. The number of imidazole rings is 1. The average Bonchev–Trinajstić information content (AvgIpc) is 2.94. The number of pyridine rings is 1. The standard InChI is InChI=1S/C18H18FN3O/c1-18(2,3)17-20-15(12-4-6-14(19)7-5-12)16(21-17)13-8-10-22(23)11-9-13/h4-11,23H,1-3H3/p+1. The van der Waals surface area contributed by atoms with Crippen LogP contribution >= 0.6 is 0 Å². The normalized spacial score (nSPS) is 11.7. The van der Waals surface area contributed by atoms with E-state index in [-0.39, 0.29) is 11.2 Å². The van der Waals surface area contributed by atoms with Crippen molar-refractivity contribution in [1.82, 2.24) is 9.97 Å². The SMILES string of the molecule is CC(C)(C)c1nc(-c2cc[n+](O)cc2)c(-c2ccc(F)cc2)[nH]1.